The van der Waals surface area contributed by atoms with E-state index in [1.807, 2.05) is 91.0 Å². The molecule has 274 valence electrons. The first-order valence-electron chi connectivity index (χ1n) is 16.8. The molecule has 1 saturated heterocycles. The number of ether oxygens (including phenoxy) is 3. The quantitative estimate of drug-likeness (QED) is 0.0463. The molecule has 0 saturated carbocycles. The van der Waals surface area contributed by atoms with Crippen LogP contribution in [0.3, 0.4) is 0 Å². The summed E-state index contributed by atoms with van der Waals surface area (Å²) in [6, 6.07) is 32.3. The van der Waals surface area contributed by atoms with Gasteiger partial charge in [0.1, 0.15) is 23.3 Å². The zero-order valence-corrected chi connectivity index (χ0v) is 31.5. The summed E-state index contributed by atoms with van der Waals surface area (Å²) in [7, 11) is 1.31. The molecule has 1 fully saturated rings. The lowest BCUT2D eigenvalue weighted by Crippen LogP contribution is -2.81. The number of methoxy groups -OCH3 is 1. The molecule has 3 heterocycles. The number of rotatable bonds is 12. The van der Waals surface area contributed by atoms with Crippen molar-refractivity contribution >= 4 is 52.6 Å². The van der Waals surface area contributed by atoms with E-state index in [9.17, 15) is 19.2 Å². The number of β-lactam (4-membered cyclic amide) rings is 1. The average molecular weight is 754 g/mol. The lowest BCUT2D eigenvalue weighted by molar-refractivity contribution is -0.193. The maximum atomic E-state index is 14.5. The minimum absolute atomic E-state index is 0.0503. The SMILES string of the molecule is CO[C@]1(NC(=O)C(=NOC(c2ccccc2)(c2ccccc2)c2ccccc2)c2cccs2)C(=O)N2C(C(=O)OC(C)(C)C)=C(COC(C)=O)CS[C@@H]21. The Hall–Kier alpha value is -5.24. The van der Waals surface area contributed by atoms with Gasteiger partial charge in [-0.3, -0.25) is 19.3 Å². The van der Waals surface area contributed by atoms with Crippen LogP contribution in [0.1, 0.15) is 49.3 Å². The fourth-order valence-corrected chi connectivity index (χ4v) is 8.31. The number of fused-ring (bicyclic) bond motifs is 1. The number of oxime groups is 1. The zero-order valence-electron chi connectivity index (χ0n) is 29.9. The lowest BCUT2D eigenvalue weighted by Gasteiger charge is -2.56. The monoisotopic (exact) mass is 753 g/mol. The molecule has 2 aliphatic rings. The van der Waals surface area contributed by atoms with E-state index >= 15 is 0 Å². The molecule has 13 heteroatoms. The van der Waals surface area contributed by atoms with Gasteiger partial charge in [0, 0.05) is 42.0 Å². The standard InChI is InChI=1S/C40H39N3O8S2/c1-26(44)49-24-27-25-53-37-40(48-5,36(47)43(37)33(27)35(46)50-38(2,3)4)41-34(45)32(31-22-15-23-52-31)42-51-39(28-16-9-6-10-17-28,29-18-11-7-12-19-29)30-20-13-8-14-21-30/h6-23,37H,24-25H2,1-5H3,(H,41,45)/t37-,40-/m1/s1. The Morgan fingerprint density at radius 2 is 1.45 bits per heavy atom. The van der Waals surface area contributed by atoms with Crippen molar-refractivity contribution in [1.82, 2.24) is 10.2 Å². The molecule has 1 aromatic heterocycles. The number of amides is 2. The molecule has 0 radical (unpaired) electrons. The number of hydrogen-bond acceptors (Lipinski definition) is 11. The fraction of sp³-hybridized carbons (Fsp3) is 0.275. The summed E-state index contributed by atoms with van der Waals surface area (Å²) in [5.74, 6) is -2.55. The van der Waals surface area contributed by atoms with Gasteiger partial charge in [0.25, 0.3) is 17.5 Å². The molecule has 1 N–H and O–H groups in total. The zero-order chi connectivity index (χ0) is 37.8. The van der Waals surface area contributed by atoms with E-state index in [1.54, 1.807) is 38.3 Å². The summed E-state index contributed by atoms with van der Waals surface area (Å²) in [6.07, 6.45) is 0. The van der Waals surface area contributed by atoms with Crippen molar-refractivity contribution in [2.45, 2.75) is 50.0 Å². The van der Waals surface area contributed by atoms with Crippen molar-refractivity contribution < 1.29 is 38.2 Å². The van der Waals surface area contributed by atoms with E-state index in [4.69, 9.17) is 19.0 Å². The van der Waals surface area contributed by atoms with Gasteiger partial charge in [-0.15, -0.1) is 23.1 Å². The Kier molecular flexibility index (Phi) is 10.9. The second kappa shape index (κ2) is 15.4. The Bertz CT molecular complexity index is 1930. The van der Waals surface area contributed by atoms with Gasteiger partial charge in [0.05, 0.1) is 4.88 Å². The van der Waals surface area contributed by atoms with Crippen LogP contribution in [0.2, 0.25) is 0 Å². The summed E-state index contributed by atoms with van der Waals surface area (Å²) in [5.41, 5.74) is -1.46. The van der Waals surface area contributed by atoms with Crippen LogP contribution in [0.15, 0.2) is 125 Å². The van der Waals surface area contributed by atoms with Crippen molar-refractivity contribution in [1.29, 1.82) is 0 Å². The third kappa shape index (κ3) is 7.37. The molecule has 0 unspecified atom stereocenters. The van der Waals surface area contributed by atoms with Gasteiger partial charge in [-0.25, -0.2) is 4.79 Å². The largest absolute Gasteiger partial charge is 0.461 e. The molecule has 2 amide bonds. The molecule has 3 aromatic carbocycles. The number of nitrogens with zero attached hydrogens (tertiary/aromatic N) is 2. The van der Waals surface area contributed by atoms with Crippen LogP contribution >= 0.6 is 23.1 Å². The minimum atomic E-state index is -1.88. The fourth-order valence-electron chi connectivity index (χ4n) is 6.19. The lowest BCUT2D eigenvalue weighted by atomic mass is 9.80. The molecule has 2 aliphatic heterocycles. The van der Waals surface area contributed by atoms with E-state index < -0.39 is 46.1 Å². The smallest absolute Gasteiger partial charge is 0.355 e. The number of hydrogen-bond donors (Lipinski definition) is 1. The number of thioether (sulfide) groups is 1. The van der Waals surface area contributed by atoms with E-state index in [2.05, 4.69) is 10.5 Å². The third-order valence-electron chi connectivity index (χ3n) is 8.56. The summed E-state index contributed by atoms with van der Waals surface area (Å²) < 4.78 is 16.7. The molecule has 0 aliphatic carbocycles. The maximum absolute atomic E-state index is 14.5. The summed E-state index contributed by atoms with van der Waals surface area (Å²) >= 11 is 2.52. The van der Waals surface area contributed by atoms with Crippen LogP contribution in [0.25, 0.3) is 0 Å². The third-order valence-corrected chi connectivity index (χ3v) is 10.8. The van der Waals surface area contributed by atoms with Crippen molar-refractivity contribution in [3.8, 4) is 0 Å². The van der Waals surface area contributed by atoms with Crippen LogP contribution in [-0.2, 0) is 43.8 Å². The Labute approximate surface area is 315 Å². The summed E-state index contributed by atoms with van der Waals surface area (Å²) in [4.78, 5) is 62.2. The van der Waals surface area contributed by atoms with Crippen molar-refractivity contribution in [3.63, 3.8) is 0 Å². The molecule has 2 atom stereocenters. The summed E-state index contributed by atoms with van der Waals surface area (Å²) in [5, 5.41) is 8.35. The van der Waals surface area contributed by atoms with E-state index in [-0.39, 0.29) is 23.8 Å². The number of carbonyl (C=O) groups excluding carboxylic acids is 4. The van der Waals surface area contributed by atoms with Gasteiger partial charge >= 0.3 is 11.9 Å². The Balaban J connectivity index is 1.39. The number of nitrogens with one attached hydrogen (secondary N) is 1. The van der Waals surface area contributed by atoms with Gasteiger partial charge in [0.2, 0.25) is 5.60 Å². The molecule has 0 spiro atoms. The van der Waals surface area contributed by atoms with Gasteiger partial charge in [-0.1, -0.05) is 102 Å². The number of thiophene rings is 1. The molecular weight excluding hydrogens is 715 g/mol. The van der Waals surface area contributed by atoms with Crippen molar-refractivity contribution in [2.75, 3.05) is 19.5 Å². The van der Waals surface area contributed by atoms with E-state index in [0.717, 1.165) is 16.7 Å². The maximum Gasteiger partial charge on any atom is 0.355 e. The van der Waals surface area contributed by atoms with Gasteiger partial charge in [-0.05, 0) is 32.2 Å². The molecule has 0 bridgehead atoms. The highest BCUT2D eigenvalue weighted by Gasteiger charge is 2.67. The van der Waals surface area contributed by atoms with Gasteiger partial charge < -0.3 is 24.4 Å². The topological polar surface area (TPSA) is 133 Å². The second-order valence-electron chi connectivity index (χ2n) is 13.3. The molecule has 11 nitrogen and oxygen atoms in total. The van der Waals surface area contributed by atoms with E-state index in [1.165, 1.54) is 42.0 Å². The van der Waals surface area contributed by atoms with Crippen LogP contribution in [0.4, 0.5) is 0 Å². The Morgan fingerprint density at radius 1 is 0.887 bits per heavy atom. The first-order chi connectivity index (χ1) is 25.4. The highest BCUT2D eigenvalue weighted by molar-refractivity contribution is 8.00. The number of esters is 2. The molecular formula is C40H39N3O8S2. The van der Waals surface area contributed by atoms with Crippen molar-refractivity contribution in [2.24, 2.45) is 5.16 Å². The van der Waals surface area contributed by atoms with Crippen LogP contribution < -0.4 is 5.32 Å². The average Bonchev–Trinajstić information content (AvgIpc) is 3.69. The Morgan fingerprint density at radius 3 is 1.92 bits per heavy atom. The summed E-state index contributed by atoms with van der Waals surface area (Å²) in [6.45, 7) is 6.17. The minimum Gasteiger partial charge on any atom is -0.461 e. The van der Waals surface area contributed by atoms with Crippen LogP contribution in [0.5, 0.6) is 0 Å². The normalized spacial score (nSPS) is 18.8. The first-order valence-corrected chi connectivity index (χ1v) is 18.7. The van der Waals surface area contributed by atoms with Crippen molar-refractivity contribution in [3.05, 3.63) is 141 Å². The highest BCUT2D eigenvalue weighted by Crippen LogP contribution is 2.47. The second-order valence-corrected chi connectivity index (χ2v) is 15.3. The van der Waals surface area contributed by atoms with Crippen LogP contribution in [0, 0.1) is 0 Å². The van der Waals surface area contributed by atoms with Gasteiger partial charge in [-0.2, -0.15) is 0 Å². The molecule has 6 rings (SSSR count). The number of benzene rings is 3. The predicted molar refractivity (Wildman–Crippen MR) is 202 cm³/mol. The predicted octanol–water partition coefficient (Wildman–Crippen LogP) is 5.99. The molecule has 4 aromatic rings. The van der Waals surface area contributed by atoms with Gasteiger partial charge in [0.15, 0.2) is 5.71 Å². The van der Waals surface area contributed by atoms with E-state index in [0.29, 0.717) is 10.5 Å². The molecule has 53 heavy (non-hydrogen) atoms. The first kappa shape index (κ1) is 37.5. The highest BCUT2D eigenvalue weighted by atomic mass is 32.2. The van der Waals surface area contributed by atoms with Crippen LogP contribution in [-0.4, -0.2) is 70.5 Å². The number of carbonyl (C=O) groups is 4.